The van der Waals surface area contributed by atoms with Gasteiger partial charge in [0, 0.05) is 44.2 Å². The van der Waals surface area contributed by atoms with E-state index in [0.717, 1.165) is 11.1 Å². The Morgan fingerprint density at radius 3 is 2.73 bits per heavy atom. The number of rotatable bonds is 6. The molecule has 134 valence electrons. The number of nitrogens with zero attached hydrogens (tertiary/aromatic N) is 4. The van der Waals surface area contributed by atoms with Crippen LogP contribution < -0.4 is 10.1 Å². The van der Waals surface area contributed by atoms with Crippen molar-refractivity contribution in [1.82, 2.24) is 25.1 Å². The summed E-state index contributed by atoms with van der Waals surface area (Å²) in [7, 11) is 5.09. The summed E-state index contributed by atoms with van der Waals surface area (Å²) < 4.78 is 5.25. The number of carbonyl (C=O) groups is 1. The van der Waals surface area contributed by atoms with Gasteiger partial charge in [0.1, 0.15) is 5.75 Å². The molecule has 3 aromatic rings. The molecule has 3 rings (SSSR count). The number of hydrogen-bond donors (Lipinski definition) is 2. The SMILES string of the molecule is CNc1ncc(CN(C)C(=O)c2cn[nH]c2-c2cccc(OC)c2)cn1. The van der Waals surface area contributed by atoms with Crippen LogP contribution >= 0.6 is 0 Å². The van der Waals surface area contributed by atoms with E-state index >= 15 is 0 Å². The van der Waals surface area contributed by atoms with Crippen LogP contribution in [0, 0.1) is 0 Å². The number of nitrogens with one attached hydrogen (secondary N) is 2. The highest BCUT2D eigenvalue weighted by Crippen LogP contribution is 2.25. The number of aromatic nitrogens is 4. The van der Waals surface area contributed by atoms with Gasteiger partial charge in [0.25, 0.3) is 5.91 Å². The third-order valence-electron chi connectivity index (χ3n) is 3.92. The maximum atomic E-state index is 12.9. The Labute approximate surface area is 151 Å². The van der Waals surface area contributed by atoms with Crippen LogP contribution in [0.15, 0.2) is 42.9 Å². The van der Waals surface area contributed by atoms with Gasteiger partial charge in [-0.05, 0) is 12.1 Å². The van der Waals surface area contributed by atoms with Crippen LogP contribution in [0.5, 0.6) is 5.75 Å². The van der Waals surface area contributed by atoms with E-state index in [1.54, 1.807) is 38.5 Å². The van der Waals surface area contributed by atoms with Crippen LogP contribution in [0.1, 0.15) is 15.9 Å². The molecule has 8 nitrogen and oxygen atoms in total. The first kappa shape index (κ1) is 17.4. The number of H-pyrrole nitrogens is 1. The van der Waals surface area contributed by atoms with Crippen LogP contribution in [0.25, 0.3) is 11.3 Å². The number of amides is 1. The molecule has 0 saturated heterocycles. The Kier molecular flexibility index (Phi) is 5.12. The van der Waals surface area contributed by atoms with Gasteiger partial charge in [-0.3, -0.25) is 9.89 Å². The molecule has 8 heteroatoms. The van der Waals surface area contributed by atoms with Gasteiger partial charge in [0.2, 0.25) is 5.95 Å². The van der Waals surface area contributed by atoms with Gasteiger partial charge < -0.3 is 15.0 Å². The minimum atomic E-state index is -0.144. The first-order chi connectivity index (χ1) is 12.6. The highest BCUT2D eigenvalue weighted by molar-refractivity contribution is 5.99. The van der Waals surface area contributed by atoms with Crippen LogP contribution in [-0.2, 0) is 6.54 Å². The summed E-state index contributed by atoms with van der Waals surface area (Å²) in [4.78, 5) is 22.8. The van der Waals surface area contributed by atoms with E-state index in [9.17, 15) is 4.79 Å². The standard InChI is InChI=1S/C18H20N6O2/c1-19-18-20-8-12(9-21-18)11-24(2)17(25)15-10-22-23-16(15)13-5-4-6-14(7-13)26-3/h4-10H,11H2,1-3H3,(H,22,23)(H,19,20,21). The summed E-state index contributed by atoms with van der Waals surface area (Å²) in [5.74, 6) is 1.11. The number of ether oxygens (including phenoxy) is 1. The fourth-order valence-corrected chi connectivity index (χ4v) is 2.56. The average Bonchev–Trinajstić information content (AvgIpc) is 3.17. The highest BCUT2D eigenvalue weighted by Gasteiger charge is 2.19. The first-order valence-electron chi connectivity index (χ1n) is 8.04. The van der Waals surface area contributed by atoms with E-state index in [4.69, 9.17) is 4.74 Å². The van der Waals surface area contributed by atoms with Crippen molar-refractivity contribution in [2.75, 3.05) is 26.5 Å². The molecule has 0 aliphatic carbocycles. The van der Waals surface area contributed by atoms with Gasteiger partial charge >= 0.3 is 0 Å². The van der Waals surface area contributed by atoms with Crippen molar-refractivity contribution in [2.45, 2.75) is 6.54 Å². The predicted octanol–water partition coefficient (Wildman–Crippen LogP) is 2.19. The molecule has 0 unspecified atom stereocenters. The van der Waals surface area contributed by atoms with Crippen molar-refractivity contribution in [3.8, 4) is 17.0 Å². The summed E-state index contributed by atoms with van der Waals surface area (Å²) in [6, 6.07) is 7.47. The Morgan fingerprint density at radius 1 is 1.27 bits per heavy atom. The van der Waals surface area contributed by atoms with Gasteiger partial charge in [-0.1, -0.05) is 12.1 Å². The molecular weight excluding hydrogens is 332 g/mol. The lowest BCUT2D eigenvalue weighted by Crippen LogP contribution is -2.26. The van der Waals surface area contributed by atoms with Gasteiger partial charge in [-0.25, -0.2) is 9.97 Å². The number of carbonyl (C=O) groups excluding carboxylic acids is 1. The van der Waals surface area contributed by atoms with Crippen molar-refractivity contribution in [2.24, 2.45) is 0 Å². The molecule has 2 heterocycles. The van der Waals surface area contributed by atoms with Crippen LogP contribution in [0.4, 0.5) is 5.95 Å². The molecule has 0 aliphatic rings. The third kappa shape index (κ3) is 3.64. The van der Waals surface area contributed by atoms with E-state index in [1.807, 2.05) is 24.3 Å². The first-order valence-corrected chi connectivity index (χ1v) is 8.04. The van der Waals surface area contributed by atoms with E-state index < -0.39 is 0 Å². The van der Waals surface area contributed by atoms with Crippen molar-refractivity contribution < 1.29 is 9.53 Å². The van der Waals surface area contributed by atoms with E-state index in [1.165, 1.54) is 6.20 Å². The minimum Gasteiger partial charge on any atom is -0.497 e. The second-order valence-corrected chi connectivity index (χ2v) is 5.72. The molecule has 0 fully saturated rings. The third-order valence-corrected chi connectivity index (χ3v) is 3.92. The van der Waals surface area contributed by atoms with Crippen molar-refractivity contribution in [3.63, 3.8) is 0 Å². The topological polar surface area (TPSA) is 96.0 Å². The van der Waals surface area contributed by atoms with Crippen LogP contribution in [0.2, 0.25) is 0 Å². The molecule has 1 amide bonds. The lowest BCUT2D eigenvalue weighted by atomic mass is 10.1. The predicted molar refractivity (Wildman–Crippen MR) is 98.0 cm³/mol. The maximum Gasteiger partial charge on any atom is 0.257 e. The summed E-state index contributed by atoms with van der Waals surface area (Å²) in [5, 5.41) is 9.81. The summed E-state index contributed by atoms with van der Waals surface area (Å²) >= 11 is 0. The fourth-order valence-electron chi connectivity index (χ4n) is 2.56. The Hall–Kier alpha value is -3.42. The Morgan fingerprint density at radius 2 is 2.04 bits per heavy atom. The summed E-state index contributed by atoms with van der Waals surface area (Å²) in [6.45, 7) is 0.394. The molecule has 0 radical (unpaired) electrons. The highest BCUT2D eigenvalue weighted by atomic mass is 16.5. The fraction of sp³-hybridized carbons (Fsp3) is 0.222. The van der Waals surface area contributed by atoms with Crippen molar-refractivity contribution in [3.05, 3.63) is 54.0 Å². The van der Waals surface area contributed by atoms with Crippen LogP contribution in [-0.4, -0.2) is 52.2 Å². The van der Waals surface area contributed by atoms with Gasteiger partial charge in [0.05, 0.1) is 24.6 Å². The smallest absolute Gasteiger partial charge is 0.257 e. The largest absolute Gasteiger partial charge is 0.497 e. The molecule has 0 spiro atoms. The monoisotopic (exact) mass is 352 g/mol. The van der Waals surface area contributed by atoms with E-state index in [2.05, 4.69) is 25.5 Å². The summed E-state index contributed by atoms with van der Waals surface area (Å²) in [5.41, 5.74) is 2.82. The molecule has 0 bridgehead atoms. The van der Waals surface area contributed by atoms with Gasteiger partial charge in [-0.2, -0.15) is 5.10 Å². The zero-order valence-electron chi connectivity index (χ0n) is 14.9. The second kappa shape index (κ2) is 7.64. The maximum absolute atomic E-state index is 12.9. The van der Waals surface area contributed by atoms with Crippen molar-refractivity contribution >= 4 is 11.9 Å². The lowest BCUT2D eigenvalue weighted by molar-refractivity contribution is 0.0785. The normalized spacial score (nSPS) is 10.4. The summed E-state index contributed by atoms with van der Waals surface area (Å²) in [6.07, 6.45) is 4.93. The molecule has 2 aromatic heterocycles. The minimum absolute atomic E-state index is 0.144. The molecule has 0 aliphatic heterocycles. The number of hydrogen-bond acceptors (Lipinski definition) is 6. The van der Waals surface area contributed by atoms with E-state index in [-0.39, 0.29) is 5.91 Å². The molecule has 2 N–H and O–H groups in total. The molecular formula is C18H20N6O2. The Balaban J connectivity index is 1.80. The molecule has 0 saturated carbocycles. The Bertz CT molecular complexity index is 891. The second-order valence-electron chi connectivity index (χ2n) is 5.72. The zero-order valence-corrected chi connectivity index (χ0v) is 14.9. The lowest BCUT2D eigenvalue weighted by Gasteiger charge is -2.17. The molecule has 1 aromatic carbocycles. The zero-order chi connectivity index (χ0) is 18.5. The number of methoxy groups -OCH3 is 1. The van der Waals surface area contributed by atoms with Crippen molar-refractivity contribution in [1.29, 1.82) is 0 Å². The number of benzene rings is 1. The van der Waals surface area contributed by atoms with E-state index in [0.29, 0.717) is 29.5 Å². The number of anilines is 1. The van der Waals surface area contributed by atoms with Gasteiger partial charge in [0.15, 0.2) is 0 Å². The number of aromatic amines is 1. The average molecular weight is 352 g/mol. The quantitative estimate of drug-likeness (QED) is 0.706. The molecule has 26 heavy (non-hydrogen) atoms. The molecule has 0 atom stereocenters. The van der Waals surface area contributed by atoms with Gasteiger partial charge in [-0.15, -0.1) is 0 Å². The van der Waals surface area contributed by atoms with Crippen LogP contribution in [0.3, 0.4) is 0 Å².